The summed E-state index contributed by atoms with van der Waals surface area (Å²) in [7, 11) is 0. The van der Waals surface area contributed by atoms with Gasteiger partial charge in [-0.2, -0.15) is 0 Å². The zero-order valence-corrected chi connectivity index (χ0v) is 7.67. The van der Waals surface area contributed by atoms with Gasteiger partial charge in [-0.05, 0) is 36.0 Å². The molecule has 3 saturated carbocycles. The second kappa shape index (κ2) is 2.01. The topological polar surface area (TPSA) is 20.2 Å². The first-order valence-corrected chi connectivity index (χ1v) is 4.71. The van der Waals surface area contributed by atoms with Crippen LogP contribution in [0, 0.1) is 23.2 Å². The number of aliphatic hydroxyl groups is 1. The highest BCUT2D eigenvalue weighted by Gasteiger charge is 2.56. The van der Waals surface area contributed by atoms with E-state index in [0.717, 1.165) is 18.3 Å². The molecule has 0 aromatic carbocycles. The normalized spacial score (nSPS) is 53.5. The Morgan fingerprint density at radius 2 is 1.82 bits per heavy atom. The van der Waals surface area contributed by atoms with Crippen molar-refractivity contribution in [2.75, 3.05) is 0 Å². The molecule has 3 rings (SSSR count). The van der Waals surface area contributed by atoms with E-state index in [4.69, 9.17) is 0 Å². The molecule has 0 aromatic rings. The smallest absolute Gasteiger partial charge is 0.0576 e. The zero-order valence-electron chi connectivity index (χ0n) is 7.67. The van der Waals surface area contributed by atoms with Crippen molar-refractivity contribution >= 4 is 0 Å². The van der Waals surface area contributed by atoms with Crippen LogP contribution in [-0.2, 0) is 0 Å². The molecule has 0 heterocycles. The summed E-state index contributed by atoms with van der Waals surface area (Å²) in [5, 5.41) is 9.72. The molecule has 0 radical (unpaired) electrons. The Hall–Kier alpha value is -0.0400. The van der Waals surface area contributed by atoms with E-state index in [1.165, 1.54) is 6.42 Å². The van der Waals surface area contributed by atoms with Crippen molar-refractivity contribution in [3.05, 3.63) is 0 Å². The molecule has 0 saturated heterocycles. The summed E-state index contributed by atoms with van der Waals surface area (Å²) in [6.45, 7) is 6.90. The van der Waals surface area contributed by atoms with E-state index in [1.54, 1.807) is 0 Å². The lowest BCUT2D eigenvalue weighted by molar-refractivity contribution is -0.167. The maximum atomic E-state index is 9.72. The highest BCUT2D eigenvalue weighted by molar-refractivity contribution is 5.05. The average Bonchev–Trinajstić information content (AvgIpc) is 1.84. The zero-order chi connectivity index (χ0) is 8.22. The van der Waals surface area contributed by atoms with Crippen LogP contribution in [-0.4, -0.2) is 11.2 Å². The maximum Gasteiger partial charge on any atom is 0.0576 e. The van der Waals surface area contributed by atoms with E-state index in [2.05, 4.69) is 20.8 Å². The van der Waals surface area contributed by atoms with Crippen LogP contribution in [0.25, 0.3) is 0 Å². The second-order valence-corrected chi connectivity index (χ2v) is 5.05. The molecule has 0 aromatic heterocycles. The van der Waals surface area contributed by atoms with Crippen LogP contribution in [0.1, 0.15) is 33.6 Å². The van der Waals surface area contributed by atoms with Crippen molar-refractivity contribution in [2.45, 2.75) is 39.7 Å². The number of hydrogen-bond acceptors (Lipinski definition) is 1. The van der Waals surface area contributed by atoms with E-state index >= 15 is 0 Å². The van der Waals surface area contributed by atoms with Crippen molar-refractivity contribution in [3.8, 4) is 0 Å². The minimum atomic E-state index is -0.00926. The van der Waals surface area contributed by atoms with Gasteiger partial charge in [-0.3, -0.25) is 0 Å². The van der Waals surface area contributed by atoms with E-state index in [9.17, 15) is 5.11 Å². The summed E-state index contributed by atoms with van der Waals surface area (Å²) in [4.78, 5) is 0. The minimum Gasteiger partial charge on any atom is -0.393 e. The fraction of sp³-hybridized carbons (Fsp3) is 1.00. The Labute approximate surface area is 68.8 Å². The average molecular weight is 154 g/mol. The predicted octanol–water partition coefficient (Wildman–Crippen LogP) is 2.05. The quantitative estimate of drug-likeness (QED) is 0.566. The van der Waals surface area contributed by atoms with Gasteiger partial charge in [0, 0.05) is 0 Å². The lowest BCUT2D eigenvalue weighted by Crippen LogP contribution is -2.57. The Bertz CT molecular complexity index is 158. The molecule has 0 spiro atoms. The lowest BCUT2D eigenvalue weighted by Gasteiger charge is -2.61. The first-order valence-electron chi connectivity index (χ1n) is 4.71. The van der Waals surface area contributed by atoms with Crippen molar-refractivity contribution in [1.82, 2.24) is 0 Å². The molecule has 1 nitrogen and oxygen atoms in total. The van der Waals surface area contributed by atoms with Crippen molar-refractivity contribution in [2.24, 2.45) is 23.2 Å². The first-order chi connectivity index (χ1) is 5.03. The maximum absolute atomic E-state index is 9.72. The predicted molar refractivity (Wildman–Crippen MR) is 45.2 cm³/mol. The highest BCUT2D eigenvalue weighted by atomic mass is 16.3. The van der Waals surface area contributed by atoms with Crippen LogP contribution in [0.5, 0.6) is 0 Å². The van der Waals surface area contributed by atoms with Gasteiger partial charge in [0.2, 0.25) is 0 Å². The molecule has 1 heteroatoms. The van der Waals surface area contributed by atoms with Crippen LogP contribution in [0.3, 0.4) is 0 Å². The van der Waals surface area contributed by atoms with Crippen LogP contribution in [0.4, 0.5) is 0 Å². The third-order valence-corrected chi connectivity index (χ3v) is 4.18. The van der Waals surface area contributed by atoms with E-state index < -0.39 is 0 Å². The molecular weight excluding hydrogens is 136 g/mol. The second-order valence-electron chi connectivity index (χ2n) is 5.05. The van der Waals surface area contributed by atoms with Gasteiger partial charge in [0.1, 0.15) is 0 Å². The third-order valence-electron chi connectivity index (χ3n) is 4.18. The molecular formula is C10H18O. The number of hydrogen-bond donors (Lipinski definition) is 1. The third kappa shape index (κ3) is 0.807. The molecule has 1 unspecified atom stereocenters. The van der Waals surface area contributed by atoms with Crippen LogP contribution < -0.4 is 0 Å². The summed E-state index contributed by atoms with van der Waals surface area (Å²) < 4.78 is 0. The van der Waals surface area contributed by atoms with Crippen LogP contribution >= 0.6 is 0 Å². The van der Waals surface area contributed by atoms with Crippen molar-refractivity contribution in [3.63, 3.8) is 0 Å². The highest BCUT2D eigenvalue weighted by Crippen LogP contribution is 2.61. The summed E-state index contributed by atoms with van der Waals surface area (Å²) in [5.74, 6) is 2.23. The monoisotopic (exact) mass is 154 g/mol. The Morgan fingerprint density at radius 3 is 2.18 bits per heavy atom. The molecule has 3 aliphatic carbocycles. The molecule has 3 fully saturated rings. The molecule has 11 heavy (non-hydrogen) atoms. The molecule has 1 N–H and O–H groups in total. The number of rotatable bonds is 0. The van der Waals surface area contributed by atoms with Gasteiger partial charge in [-0.1, -0.05) is 20.8 Å². The minimum absolute atomic E-state index is 0.00926. The summed E-state index contributed by atoms with van der Waals surface area (Å²) in [6, 6.07) is 0. The van der Waals surface area contributed by atoms with Gasteiger partial charge in [0.05, 0.1) is 6.10 Å². The van der Waals surface area contributed by atoms with Crippen LogP contribution in [0.2, 0.25) is 0 Å². The molecule has 2 bridgehead atoms. The van der Waals surface area contributed by atoms with Crippen LogP contribution in [0.15, 0.2) is 0 Å². The van der Waals surface area contributed by atoms with Gasteiger partial charge in [0.25, 0.3) is 0 Å². The molecule has 0 aliphatic heterocycles. The van der Waals surface area contributed by atoms with E-state index in [0.29, 0.717) is 11.3 Å². The summed E-state index contributed by atoms with van der Waals surface area (Å²) in [6.07, 6.45) is 2.30. The Morgan fingerprint density at radius 1 is 1.18 bits per heavy atom. The summed E-state index contributed by atoms with van der Waals surface area (Å²) in [5.41, 5.74) is 0.428. The summed E-state index contributed by atoms with van der Waals surface area (Å²) >= 11 is 0. The molecule has 3 aliphatic rings. The lowest BCUT2D eigenvalue weighted by atomic mass is 9.45. The molecule has 0 amide bonds. The van der Waals surface area contributed by atoms with Gasteiger partial charge in [-0.15, -0.1) is 0 Å². The fourth-order valence-corrected chi connectivity index (χ4v) is 3.32. The number of fused-ring (bicyclic) bond motifs is 2. The van der Waals surface area contributed by atoms with Crippen molar-refractivity contribution < 1.29 is 5.11 Å². The largest absolute Gasteiger partial charge is 0.393 e. The van der Waals surface area contributed by atoms with E-state index in [1.807, 2.05) is 0 Å². The number of aliphatic hydroxyl groups excluding tert-OH is 1. The standard InChI is InChI=1S/C10H18O/c1-6-4-9(11)8-5-7(6)10(8,2)3/h6-9,11H,4-5H2,1-3H3/t6?,7-,8+,9+/m0/s1. The van der Waals surface area contributed by atoms with Crippen molar-refractivity contribution in [1.29, 1.82) is 0 Å². The molecule has 64 valence electrons. The Balaban J connectivity index is 2.20. The van der Waals surface area contributed by atoms with Gasteiger partial charge in [0.15, 0.2) is 0 Å². The van der Waals surface area contributed by atoms with Gasteiger partial charge >= 0.3 is 0 Å². The Kier molecular flexibility index (Phi) is 1.39. The van der Waals surface area contributed by atoms with Gasteiger partial charge in [-0.25, -0.2) is 0 Å². The first kappa shape index (κ1) is 7.60. The molecule has 4 atom stereocenters. The fourth-order valence-electron chi connectivity index (χ4n) is 3.32. The van der Waals surface area contributed by atoms with E-state index in [-0.39, 0.29) is 6.10 Å². The van der Waals surface area contributed by atoms with Gasteiger partial charge < -0.3 is 5.11 Å². The SMILES string of the molecule is CC1C[C@@H](O)[C@H]2C[C@@H]1C2(C)C.